The van der Waals surface area contributed by atoms with Crippen LogP contribution in [0, 0.1) is 0 Å². The summed E-state index contributed by atoms with van der Waals surface area (Å²) in [6.07, 6.45) is 3.73. The van der Waals surface area contributed by atoms with Crippen LogP contribution in [0.1, 0.15) is 24.0 Å². The number of phenolic OH excluding ortho intramolecular Hbond substituents is 1. The van der Waals surface area contributed by atoms with Crippen LogP contribution in [0.15, 0.2) is 54.6 Å². The van der Waals surface area contributed by atoms with Crippen molar-refractivity contribution in [1.29, 1.82) is 0 Å². The van der Waals surface area contributed by atoms with E-state index in [1.54, 1.807) is 12.1 Å². The van der Waals surface area contributed by atoms with Gasteiger partial charge in [0.25, 0.3) is 0 Å². The zero-order chi connectivity index (χ0) is 24.7. The molecule has 4 heterocycles. The van der Waals surface area contributed by atoms with E-state index in [1.165, 1.54) is 11.3 Å². The zero-order valence-electron chi connectivity index (χ0n) is 19.0. The summed E-state index contributed by atoms with van der Waals surface area (Å²) in [5.41, 5.74) is 2.71. The third kappa shape index (κ3) is 4.15. The SMILES string of the molecule is O=C(O)Cn1nnc(-c2nnc(N3CCC4(C=C(c5ccc(O)cc5)c5ccccc5O4)CC3)s2)n1. The first kappa shape index (κ1) is 22.2. The number of nitrogens with zero attached hydrogens (tertiary/aromatic N) is 7. The number of phenols is 1. The van der Waals surface area contributed by atoms with Crippen molar-refractivity contribution in [2.75, 3.05) is 18.0 Å². The minimum Gasteiger partial charge on any atom is -0.508 e. The van der Waals surface area contributed by atoms with Crippen molar-refractivity contribution in [1.82, 2.24) is 30.4 Å². The normalized spacial score (nSPS) is 16.3. The lowest BCUT2D eigenvalue weighted by Gasteiger charge is -2.43. The first-order chi connectivity index (χ1) is 17.5. The number of ether oxygens (including phenoxy) is 1. The Kier molecular flexibility index (Phi) is 5.37. The number of hydrogen-bond donors (Lipinski definition) is 2. The topological polar surface area (TPSA) is 139 Å². The van der Waals surface area contributed by atoms with Gasteiger partial charge in [0.05, 0.1) is 0 Å². The average Bonchev–Trinajstić information content (AvgIpc) is 3.54. The standard InChI is InChI=1S/C24H21N7O4S/c32-16-7-5-15(6-8-16)18-13-24(35-19-4-2-1-3-17(18)19)9-11-30(12-10-24)23-27-26-22(36-23)21-25-29-31(28-21)14-20(33)34/h1-8,13,32H,9-12,14H2,(H,33,34). The van der Waals surface area contributed by atoms with Gasteiger partial charge in [-0.15, -0.1) is 20.4 Å². The molecule has 1 fully saturated rings. The van der Waals surface area contributed by atoms with Crippen molar-refractivity contribution in [2.24, 2.45) is 0 Å². The number of rotatable bonds is 5. The van der Waals surface area contributed by atoms with E-state index in [-0.39, 0.29) is 18.1 Å². The molecule has 182 valence electrons. The number of para-hydroxylation sites is 1. The fourth-order valence-corrected chi connectivity index (χ4v) is 5.34. The first-order valence-corrected chi connectivity index (χ1v) is 12.2. The molecule has 0 bridgehead atoms. The highest BCUT2D eigenvalue weighted by Gasteiger charge is 2.39. The number of fused-ring (bicyclic) bond motifs is 1. The lowest BCUT2D eigenvalue weighted by molar-refractivity contribution is -0.138. The lowest BCUT2D eigenvalue weighted by Crippen LogP contribution is -2.48. The largest absolute Gasteiger partial charge is 0.508 e. The van der Waals surface area contributed by atoms with Crippen molar-refractivity contribution in [3.63, 3.8) is 0 Å². The molecule has 2 aliphatic heterocycles. The number of aromatic hydroxyl groups is 1. The highest BCUT2D eigenvalue weighted by molar-refractivity contribution is 7.18. The molecule has 1 spiro atoms. The fourth-order valence-electron chi connectivity index (χ4n) is 4.52. The highest BCUT2D eigenvalue weighted by Crippen LogP contribution is 2.44. The number of tetrazole rings is 1. The number of anilines is 1. The maximum Gasteiger partial charge on any atom is 0.327 e. The molecule has 0 unspecified atom stereocenters. The van der Waals surface area contributed by atoms with Crippen LogP contribution < -0.4 is 9.64 Å². The number of aromatic nitrogens is 6. The number of carboxylic acids is 1. The molecule has 4 aromatic rings. The summed E-state index contributed by atoms with van der Waals surface area (Å²) < 4.78 is 6.56. The lowest BCUT2D eigenvalue weighted by atomic mass is 9.83. The van der Waals surface area contributed by atoms with Crippen molar-refractivity contribution in [2.45, 2.75) is 25.0 Å². The van der Waals surface area contributed by atoms with Crippen LogP contribution in [0.25, 0.3) is 16.4 Å². The predicted molar refractivity (Wildman–Crippen MR) is 131 cm³/mol. The van der Waals surface area contributed by atoms with E-state index >= 15 is 0 Å². The minimum atomic E-state index is -1.05. The van der Waals surface area contributed by atoms with E-state index in [0.717, 1.165) is 58.3 Å². The molecule has 2 N–H and O–H groups in total. The molecule has 2 aromatic heterocycles. The van der Waals surface area contributed by atoms with Crippen molar-refractivity contribution in [3.8, 4) is 22.3 Å². The van der Waals surface area contributed by atoms with Crippen LogP contribution in [0.5, 0.6) is 11.5 Å². The van der Waals surface area contributed by atoms with Gasteiger partial charge in [-0.1, -0.05) is 41.7 Å². The molecule has 11 nitrogen and oxygen atoms in total. The quantitative estimate of drug-likeness (QED) is 0.418. The second kappa shape index (κ2) is 8.72. The van der Waals surface area contributed by atoms with Gasteiger partial charge in [-0.3, -0.25) is 4.79 Å². The van der Waals surface area contributed by atoms with Gasteiger partial charge in [0, 0.05) is 31.5 Å². The molecule has 0 aliphatic carbocycles. The summed E-state index contributed by atoms with van der Waals surface area (Å²) in [4.78, 5) is 14.0. The second-order valence-electron chi connectivity index (χ2n) is 8.68. The van der Waals surface area contributed by atoms with Gasteiger partial charge in [-0.05, 0) is 40.6 Å². The molecular formula is C24H21N7O4S. The van der Waals surface area contributed by atoms with Crippen LogP contribution in [0.3, 0.4) is 0 Å². The molecular weight excluding hydrogens is 482 g/mol. The summed E-state index contributed by atoms with van der Waals surface area (Å²) in [6.45, 7) is 1.07. The van der Waals surface area contributed by atoms with Gasteiger partial charge in [-0.2, -0.15) is 4.80 Å². The van der Waals surface area contributed by atoms with Crippen LogP contribution >= 0.6 is 11.3 Å². The summed E-state index contributed by atoms with van der Waals surface area (Å²) in [5, 5.41) is 40.1. The number of benzene rings is 2. The van der Waals surface area contributed by atoms with Crippen LogP contribution in [0.4, 0.5) is 5.13 Å². The Balaban J connectivity index is 1.22. The smallest absolute Gasteiger partial charge is 0.327 e. The zero-order valence-corrected chi connectivity index (χ0v) is 19.8. The van der Waals surface area contributed by atoms with E-state index in [2.05, 4.69) is 42.7 Å². The maximum atomic E-state index is 10.9. The Hall–Kier alpha value is -4.32. The minimum absolute atomic E-state index is 0.235. The average molecular weight is 504 g/mol. The number of piperidine rings is 1. The van der Waals surface area contributed by atoms with Crippen LogP contribution in [0.2, 0.25) is 0 Å². The molecule has 0 atom stereocenters. The predicted octanol–water partition coefficient (Wildman–Crippen LogP) is 2.85. The molecule has 0 amide bonds. The van der Waals surface area contributed by atoms with E-state index in [4.69, 9.17) is 9.84 Å². The number of carbonyl (C=O) groups is 1. The summed E-state index contributed by atoms with van der Waals surface area (Å²) in [7, 11) is 0. The van der Waals surface area contributed by atoms with E-state index in [0.29, 0.717) is 5.01 Å². The Labute approximate surface area is 209 Å². The Bertz CT molecular complexity index is 1460. The summed E-state index contributed by atoms with van der Waals surface area (Å²) in [6, 6.07) is 15.3. The van der Waals surface area contributed by atoms with E-state index in [9.17, 15) is 9.90 Å². The Morgan fingerprint density at radius 3 is 2.61 bits per heavy atom. The molecule has 6 rings (SSSR count). The van der Waals surface area contributed by atoms with E-state index in [1.807, 2.05) is 30.3 Å². The Morgan fingerprint density at radius 1 is 1.06 bits per heavy atom. The molecule has 2 aliphatic rings. The van der Waals surface area contributed by atoms with Gasteiger partial charge in [0.2, 0.25) is 11.0 Å². The van der Waals surface area contributed by atoms with Gasteiger partial charge >= 0.3 is 5.97 Å². The maximum absolute atomic E-state index is 10.9. The van der Waals surface area contributed by atoms with Gasteiger partial charge in [0.1, 0.15) is 17.1 Å². The molecule has 2 aromatic carbocycles. The highest BCUT2D eigenvalue weighted by atomic mass is 32.1. The first-order valence-electron chi connectivity index (χ1n) is 11.4. The Morgan fingerprint density at radius 2 is 1.83 bits per heavy atom. The third-order valence-electron chi connectivity index (χ3n) is 6.29. The van der Waals surface area contributed by atoms with Crippen molar-refractivity contribution >= 4 is 28.0 Å². The van der Waals surface area contributed by atoms with Crippen molar-refractivity contribution in [3.05, 3.63) is 65.7 Å². The molecule has 0 radical (unpaired) electrons. The fraction of sp³-hybridized carbons (Fsp3) is 0.250. The molecule has 0 saturated carbocycles. The van der Waals surface area contributed by atoms with Gasteiger partial charge < -0.3 is 19.8 Å². The monoisotopic (exact) mass is 503 g/mol. The van der Waals surface area contributed by atoms with Gasteiger partial charge in [-0.25, -0.2) is 0 Å². The van der Waals surface area contributed by atoms with Crippen LogP contribution in [-0.2, 0) is 11.3 Å². The molecule has 12 heteroatoms. The van der Waals surface area contributed by atoms with Crippen LogP contribution in [-0.4, -0.2) is 65.3 Å². The second-order valence-corrected chi connectivity index (χ2v) is 9.64. The molecule has 1 saturated heterocycles. The number of carboxylic acid groups (broad SMARTS) is 1. The third-order valence-corrected chi connectivity index (χ3v) is 7.27. The number of hydrogen-bond acceptors (Lipinski definition) is 10. The van der Waals surface area contributed by atoms with Gasteiger partial charge in [0.15, 0.2) is 11.6 Å². The summed E-state index contributed by atoms with van der Waals surface area (Å²) >= 11 is 1.35. The molecule has 36 heavy (non-hydrogen) atoms. The number of aliphatic carboxylic acids is 1. The van der Waals surface area contributed by atoms with Crippen molar-refractivity contribution < 1.29 is 19.7 Å². The summed E-state index contributed by atoms with van der Waals surface area (Å²) in [5.74, 6) is 0.292. The van der Waals surface area contributed by atoms with E-state index < -0.39 is 11.6 Å².